The molecule has 2 aliphatic heterocycles. The summed E-state index contributed by atoms with van der Waals surface area (Å²) in [5.74, 6) is -0.915. The molecule has 2 N–H and O–H groups in total. The van der Waals surface area contributed by atoms with Crippen molar-refractivity contribution in [2.24, 2.45) is 0 Å². The van der Waals surface area contributed by atoms with Gasteiger partial charge in [0.25, 0.3) is 0 Å². The SMILES string of the molecule is CS(=O)(=O)Nc1ccc(S(=O)(=O)N2C3CCNCC2CC3)cc1F.Cl. The second kappa shape index (κ2) is 7.36. The molecule has 11 heteroatoms. The molecule has 0 aliphatic carbocycles. The standard InChI is InChI=1S/C14H20FN3O4S2.ClH/c1-23(19,20)17-14-5-4-12(8-13(14)15)24(21,22)18-10-2-3-11(18)9-16-7-6-10;/h4-5,8,10-11,16-17H,2-3,6-7,9H2,1H3;1H. The van der Waals surface area contributed by atoms with Gasteiger partial charge in [-0.3, -0.25) is 4.72 Å². The van der Waals surface area contributed by atoms with Gasteiger partial charge in [-0.25, -0.2) is 21.2 Å². The number of hydrogen-bond donors (Lipinski definition) is 2. The predicted molar refractivity (Wildman–Crippen MR) is 95.4 cm³/mol. The van der Waals surface area contributed by atoms with Crippen LogP contribution < -0.4 is 10.0 Å². The highest BCUT2D eigenvalue weighted by atomic mass is 35.5. The van der Waals surface area contributed by atoms with Crippen LogP contribution >= 0.6 is 12.4 Å². The molecule has 0 saturated carbocycles. The second-order valence-electron chi connectivity index (χ2n) is 6.23. The van der Waals surface area contributed by atoms with E-state index in [9.17, 15) is 21.2 Å². The fourth-order valence-electron chi connectivity index (χ4n) is 3.39. The maximum Gasteiger partial charge on any atom is 0.243 e. The Hall–Kier alpha value is -0.940. The van der Waals surface area contributed by atoms with Crippen molar-refractivity contribution in [3.8, 4) is 0 Å². The van der Waals surface area contributed by atoms with Crippen molar-refractivity contribution < 1.29 is 21.2 Å². The lowest BCUT2D eigenvalue weighted by molar-refractivity contribution is 0.334. The summed E-state index contributed by atoms with van der Waals surface area (Å²) in [5, 5.41) is 3.22. The van der Waals surface area contributed by atoms with Crippen molar-refractivity contribution in [2.75, 3.05) is 24.1 Å². The number of benzene rings is 1. The van der Waals surface area contributed by atoms with Gasteiger partial charge in [0.2, 0.25) is 20.0 Å². The Morgan fingerprint density at radius 3 is 2.48 bits per heavy atom. The summed E-state index contributed by atoms with van der Waals surface area (Å²) < 4.78 is 66.0. The smallest absolute Gasteiger partial charge is 0.243 e. The molecule has 2 atom stereocenters. The Morgan fingerprint density at radius 1 is 1.16 bits per heavy atom. The van der Waals surface area contributed by atoms with Crippen molar-refractivity contribution in [3.63, 3.8) is 0 Å². The highest BCUT2D eigenvalue weighted by Crippen LogP contribution is 2.34. The lowest BCUT2D eigenvalue weighted by atomic mass is 10.1. The summed E-state index contributed by atoms with van der Waals surface area (Å²) in [6.07, 6.45) is 3.22. The molecule has 2 unspecified atom stereocenters. The molecule has 1 aromatic carbocycles. The lowest BCUT2D eigenvalue weighted by Crippen LogP contribution is -2.42. The summed E-state index contributed by atoms with van der Waals surface area (Å²) in [5.41, 5.74) is -0.267. The van der Waals surface area contributed by atoms with Crippen molar-refractivity contribution in [2.45, 2.75) is 36.2 Å². The lowest BCUT2D eigenvalue weighted by Gasteiger charge is -2.27. The average molecular weight is 414 g/mol. The minimum atomic E-state index is -3.83. The first kappa shape index (κ1) is 20.4. The van der Waals surface area contributed by atoms with E-state index in [1.807, 2.05) is 4.72 Å². The summed E-state index contributed by atoms with van der Waals surface area (Å²) in [7, 11) is -7.47. The molecule has 2 fully saturated rings. The summed E-state index contributed by atoms with van der Waals surface area (Å²) >= 11 is 0. The number of sulfonamides is 2. The van der Waals surface area contributed by atoms with Crippen LogP contribution in [-0.2, 0) is 20.0 Å². The third-order valence-corrected chi connectivity index (χ3v) is 6.99. The highest BCUT2D eigenvalue weighted by molar-refractivity contribution is 7.92. The van der Waals surface area contributed by atoms with E-state index in [0.29, 0.717) is 6.54 Å². The fraction of sp³-hybridized carbons (Fsp3) is 0.571. The van der Waals surface area contributed by atoms with Gasteiger partial charge in [-0.2, -0.15) is 4.31 Å². The van der Waals surface area contributed by atoms with E-state index < -0.39 is 25.9 Å². The van der Waals surface area contributed by atoms with Crippen LogP contribution in [0.3, 0.4) is 0 Å². The van der Waals surface area contributed by atoms with Gasteiger partial charge in [0.05, 0.1) is 16.8 Å². The van der Waals surface area contributed by atoms with Gasteiger partial charge in [-0.1, -0.05) is 0 Å². The van der Waals surface area contributed by atoms with Crippen LogP contribution in [0.15, 0.2) is 23.1 Å². The molecule has 0 spiro atoms. The van der Waals surface area contributed by atoms with Gasteiger partial charge < -0.3 is 5.32 Å². The number of fused-ring (bicyclic) bond motifs is 2. The molecule has 7 nitrogen and oxygen atoms in total. The zero-order valence-corrected chi connectivity index (χ0v) is 16.1. The summed E-state index contributed by atoms with van der Waals surface area (Å²) in [4.78, 5) is -0.155. The molecule has 2 aliphatic rings. The first-order chi connectivity index (χ1) is 11.2. The number of rotatable bonds is 4. The molecule has 2 bridgehead atoms. The van der Waals surface area contributed by atoms with E-state index in [0.717, 1.165) is 44.2 Å². The Bertz CT molecular complexity index is 834. The predicted octanol–water partition coefficient (Wildman–Crippen LogP) is 1.13. The maximum absolute atomic E-state index is 14.1. The third-order valence-electron chi connectivity index (χ3n) is 4.40. The Labute approximate surface area is 153 Å². The molecule has 1 aromatic rings. The van der Waals surface area contributed by atoms with Crippen molar-refractivity contribution in [1.29, 1.82) is 0 Å². The largest absolute Gasteiger partial charge is 0.315 e. The van der Waals surface area contributed by atoms with Crippen molar-refractivity contribution in [1.82, 2.24) is 9.62 Å². The molecule has 0 radical (unpaired) electrons. The van der Waals surface area contributed by atoms with Gasteiger partial charge in [0, 0.05) is 18.6 Å². The quantitative estimate of drug-likeness (QED) is 0.771. The molecule has 142 valence electrons. The Kier molecular flexibility index (Phi) is 5.99. The highest BCUT2D eigenvalue weighted by Gasteiger charge is 2.43. The first-order valence-corrected chi connectivity index (χ1v) is 11.0. The first-order valence-electron chi connectivity index (χ1n) is 7.70. The average Bonchev–Trinajstić information content (AvgIpc) is 2.73. The molecule has 2 heterocycles. The van der Waals surface area contributed by atoms with Crippen molar-refractivity contribution in [3.05, 3.63) is 24.0 Å². The third kappa shape index (κ3) is 4.25. The van der Waals surface area contributed by atoms with Gasteiger partial charge in [-0.15, -0.1) is 12.4 Å². The Balaban J connectivity index is 0.00000225. The number of nitrogens with zero attached hydrogens (tertiary/aromatic N) is 1. The van der Waals surface area contributed by atoms with Crippen LogP contribution in [0, 0.1) is 5.82 Å². The Morgan fingerprint density at radius 2 is 1.84 bits per heavy atom. The van der Waals surface area contributed by atoms with Crippen LogP contribution in [0.4, 0.5) is 10.1 Å². The van der Waals surface area contributed by atoms with E-state index in [2.05, 4.69) is 5.32 Å². The molecule has 0 aromatic heterocycles. The fourth-order valence-corrected chi connectivity index (χ4v) is 5.87. The number of hydrogen-bond acceptors (Lipinski definition) is 5. The van der Waals surface area contributed by atoms with Crippen LogP contribution in [0.25, 0.3) is 0 Å². The van der Waals surface area contributed by atoms with Gasteiger partial charge in [-0.05, 0) is 44.0 Å². The molecular formula is C14H21ClFN3O4S2. The molecule has 25 heavy (non-hydrogen) atoms. The second-order valence-corrected chi connectivity index (χ2v) is 9.82. The normalized spacial score (nSPS) is 24.4. The van der Waals surface area contributed by atoms with Gasteiger partial charge >= 0.3 is 0 Å². The molecule has 3 rings (SSSR count). The van der Waals surface area contributed by atoms with Crippen LogP contribution in [0.2, 0.25) is 0 Å². The van der Waals surface area contributed by atoms with E-state index in [1.54, 1.807) is 0 Å². The van der Waals surface area contributed by atoms with Crippen LogP contribution in [0.5, 0.6) is 0 Å². The van der Waals surface area contributed by atoms with Gasteiger partial charge in [0.15, 0.2) is 0 Å². The minimum Gasteiger partial charge on any atom is -0.315 e. The van der Waals surface area contributed by atoms with E-state index >= 15 is 0 Å². The topological polar surface area (TPSA) is 95.6 Å². The van der Waals surface area contributed by atoms with E-state index in [1.165, 1.54) is 10.4 Å². The maximum atomic E-state index is 14.1. The van der Waals surface area contributed by atoms with Crippen LogP contribution in [-0.4, -0.2) is 52.6 Å². The zero-order valence-electron chi connectivity index (χ0n) is 13.6. The van der Waals surface area contributed by atoms with Gasteiger partial charge in [0.1, 0.15) is 5.82 Å². The molecular weight excluding hydrogens is 393 g/mol. The van der Waals surface area contributed by atoms with E-state index in [-0.39, 0.29) is 35.1 Å². The molecule has 0 amide bonds. The van der Waals surface area contributed by atoms with Crippen molar-refractivity contribution >= 4 is 38.1 Å². The summed E-state index contributed by atoms with van der Waals surface area (Å²) in [6, 6.07) is 3.05. The summed E-state index contributed by atoms with van der Waals surface area (Å²) in [6.45, 7) is 1.35. The monoisotopic (exact) mass is 413 g/mol. The molecule has 2 saturated heterocycles. The zero-order chi connectivity index (χ0) is 17.5. The number of anilines is 1. The minimum absolute atomic E-state index is 0. The number of halogens is 2. The van der Waals surface area contributed by atoms with E-state index in [4.69, 9.17) is 0 Å². The number of nitrogens with one attached hydrogen (secondary N) is 2. The van der Waals surface area contributed by atoms with Crippen LogP contribution in [0.1, 0.15) is 19.3 Å².